The number of nitrogens with two attached hydrogens (primary N) is 1. The molecule has 0 saturated carbocycles. The molecule has 1 aliphatic heterocycles. The maximum atomic E-state index is 12.4. The van der Waals surface area contributed by atoms with Crippen LogP contribution in [0.2, 0.25) is 0 Å². The van der Waals surface area contributed by atoms with Gasteiger partial charge in [-0.05, 0) is 62.3 Å². The van der Waals surface area contributed by atoms with Gasteiger partial charge in [-0.25, -0.2) is 0 Å². The number of fused-ring (bicyclic) bond motifs is 1. The molecule has 3 rings (SSSR count). The lowest BCUT2D eigenvalue weighted by atomic mass is 10.0. The molecule has 2 aromatic carbocycles. The van der Waals surface area contributed by atoms with E-state index in [0.717, 1.165) is 48.7 Å². The van der Waals surface area contributed by atoms with Crippen LogP contribution >= 0.6 is 0 Å². The number of carbonyl (C=O) groups excluding carboxylic acids is 1. The third kappa shape index (κ3) is 4.31. The molecular weight excluding hydrogens is 336 g/mol. The zero-order valence-corrected chi connectivity index (χ0v) is 16.3. The first-order valence-corrected chi connectivity index (χ1v) is 9.52. The minimum Gasteiger partial charge on any atom is -0.399 e. The molecule has 1 amide bonds. The van der Waals surface area contributed by atoms with Gasteiger partial charge in [0.15, 0.2) is 0 Å². The molecule has 0 saturated heterocycles. The number of benzene rings is 2. The van der Waals surface area contributed by atoms with Gasteiger partial charge in [0.2, 0.25) is 0 Å². The highest BCUT2D eigenvalue weighted by Crippen LogP contribution is 2.35. The van der Waals surface area contributed by atoms with Gasteiger partial charge in [-0.1, -0.05) is 26.0 Å². The van der Waals surface area contributed by atoms with Gasteiger partial charge in [-0.15, -0.1) is 0 Å². The Morgan fingerprint density at radius 2 is 1.81 bits per heavy atom. The first-order chi connectivity index (χ1) is 13.0. The van der Waals surface area contributed by atoms with E-state index in [2.05, 4.69) is 53.6 Å². The lowest BCUT2D eigenvalue weighted by Gasteiger charge is -2.17. The number of amides is 1. The van der Waals surface area contributed by atoms with Crippen LogP contribution in [0.4, 0.5) is 17.1 Å². The zero-order valence-electron chi connectivity index (χ0n) is 16.3. The van der Waals surface area contributed by atoms with Crippen molar-refractivity contribution in [3.63, 3.8) is 0 Å². The summed E-state index contributed by atoms with van der Waals surface area (Å²) in [5, 5.41) is 6.25. The Kier molecular flexibility index (Phi) is 5.81. The van der Waals surface area contributed by atoms with Crippen molar-refractivity contribution >= 4 is 28.5 Å². The number of nitrogens with zero attached hydrogens (tertiary/aromatic N) is 1. The van der Waals surface area contributed by atoms with Crippen molar-refractivity contribution in [3.05, 3.63) is 59.3 Å². The lowest BCUT2D eigenvalue weighted by Crippen LogP contribution is -2.25. The highest BCUT2D eigenvalue weighted by molar-refractivity contribution is 6.32. The monoisotopic (exact) mass is 364 g/mol. The summed E-state index contributed by atoms with van der Waals surface area (Å²) >= 11 is 0. The Hall–Kier alpha value is -2.79. The van der Waals surface area contributed by atoms with E-state index in [-0.39, 0.29) is 5.91 Å². The summed E-state index contributed by atoms with van der Waals surface area (Å²) in [7, 11) is 0. The fourth-order valence-corrected chi connectivity index (χ4v) is 3.42. The molecule has 0 aromatic heterocycles. The van der Waals surface area contributed by atoms with E-state index in [4.69, 9.17) is 5.73 Å². The summed E-state index contributed by atoms with van der Waals surface area (Å²) in [6.45, 7) is 9.53. The molecule has 142 valence electrons. The topological polar surface area (TPSA) is 70.4 Å². The number of allylic oxidation sites excluding steroid dienone is 1. The molecule has 0 unspecified atom stereocenters. The summed E-state index contributed by atoms with van der Waals surface area (Å²) < 4.78 is 0. The van der Waals surface area contributed by atoms with Crippen LogP contribution in [0.5, 0.6) is 0 Å². The van der Waals surface area contributed by atoms with Gasteiger partial charge in [0.1, 0.15) is 0 Å². The lowest BCUT2D eigenvalue weighted by molar-refractivity contribution is -0.110. The van der Waals surface area contributed by atoms with Gasteiger partial charge in [-0.2, -0.15) is 0 Å². The molecule has 0 bridgehead atoms. The Morgan fingerprint density at radius 1 is 1.11 bits per heavy atom. The number of rotatable bonds is 7. The van der Waals surface area contributed by atoms with Crippen molar-refractivity contribution < 1.29 is 4.79 Å². The zero-order chi connectivity index (χ0) is 19.4. The molecule has 4 N–H and O–H groups in total. The van der Waals surface area contributed by atoms with E-state index < -0.39 is 0 Å². The molecule has 5 heteroatoms. The highest BCUT2D eigenvalue weighted by Gasteiger charge is 2.26. The molecule has 27 heavy (non-hydrogen) atoms. The van der Waals surface area contributed by atoms with E-state index in [9.17, 15) is 4.79 Å². The average Bonchev–Trinajstić information content (AvgIpc) is 2.99. The van der Waals surface area contributed by atoms with Gasteiger partial charge >= 0.3 is 0 Å². The molecule has 0 aliphatic carbocycles. The quantitative estimate of drug-likeness (QED) is 0.514. The van der Waals surface area contributed by atoms with Crippen molar-refractivity contribution in [3.8, 4) is 0 Å². The van der Waals surface area contributed by atoms with E-state index >= 15 is 0 Å². The number of carbonyl (C=O) groups is 1. The van der Waals surface area contributed by atoms with E-state index in [1.54, 1.807) is 6.07 Å². The van der Waals surface area contributed by atoms with Crippen molar-refractivity contribution in [2.24, 2.45) is 0 Å². The predicted molar refractivity (Wildman–Crippen MR) is 114 cm³/mol. The van der Waals surface area contributed by atoms with E-state index in [1.807, 2.05) is 19.1 Å². The Balaban J connectivity index is 1.73. The van der Waals surface area contributed by atoms with Gasteiger partial charge in [-0.3, -0.25) is 4.79 Å². The summed E-state index contributed by atoms with van der Waals surface area (Å²) in [6.07, 6.45) is 1.04. The summed E-state index contributed by atoms with van der Waals surface area (Å²) in [5.41, 5.74) is 11.9. The fourth-order valence-electron chi connectivity index (χ4n) is 3.42. The largest absolute Gasteiger partial charge is 0.399 e. The van der Waals surface area contributed by atoms with Crippen molar-refractivity contribution in [1.29, 1.82) is 0 Å². The van der Waals surface area contributed by atoms with Crippen LogP contribution in [-0.2, 0) is 11.2 Å². The van der Waals surface area contributed by atoms with Gasteiger partial charge in [0, 0.05) is 34.9 Å². The molecule has 0 atom stereocenters. The second-order valence-corrected chi connectivity index (χ2v) is 6.86. The first kappa shape index (κ1) is 19.0. The minimum absolute atomic E-state index is 0.101. The summed E-state index contributed by atoms with van der Waals surface area (Å²) in [6, 6.07) is 13.9. The molecule has 0 spiro atoms. The number of hydrogen-bond acceptors (Lipinski definition) is 4. The Morgan fingerprint density at radius 3 is 2.48 bits per heavy atom. The number of anilines is 3. The summed E-state index contributed by atoms with van der Waals surface area (Å²) in [5.74, 6) is -0.101. The van der Waals surface area contributed by atoms with Crippen LogP contribution in [0.1, 0.15) is 31.9 Å². The molecular formula is C22H28N4O. The molecule has 2 aromatic rings. The standard InChI is InChI=1S/C22H28N4O/c1-4-26(5-2)13-12-16-6-9-18(10-7-16)24-15(3)21-19-14-17(23)8-11-20(19)25-22(21)27/h6-11,14,24H,4-5,12-13,23H2,1-3H3,(H,25,27). The molecule has 1 aliphatic rings. The van der Waals surface area contributed by atoms with E-state index in [1.165, 1.54) is 5.56 Å². The number of hydrogen-bond donors (Lipinski definition) is 3. The predicted octanol–water partition coefficient (Wildman–Crippen LogP) is 3.95. The van der Waals surface area contributed by atoms with Crippen LogP contribution in [0, 0.1) is 0 Å². The third-order valence-electron chi connectivity index (χ3n) is 5.06. The second kappa shape index (κ2) is 8.27. The van der Waals surface area contributed by atoms with Gasteiger partial charge in [0.25, 0.3) is 5.91 Å². The third-order valence-corrected chi connectivity index (χ3v) is 5.06. The van der Waals surface area contributed by atoms with Crippen LogP contribution in [0.3, 0.4) is 0 Å². The first-order valence-electron chi connectivity index (χ1n) is 9.52. The van der Waals surface area contributed by atoms with Crippen molar-refractivity contribution in [2.45, 2.75) is 27.2 Å². The van der Waals surface area contributed by atoms with Gasteiger partial charge in [0.05, 0.1) is 5.57 Å². The smallest absolute Gasteiger partial charge is 0.258 e. The minimum atomic E-state index is -0.101. The van der Waals surface area contributed by atoms with Crippen LogP contribution in [0.15, 0.2) is 48.2 Å². The molecule has 0 fully saturated rings. The van der Waals surface area contributed by atoms with Gasteiger partial charge < -0.3 is 21.3 Å². The average molecular weight is 364 g/mol. The Bertz CT molecular complexity index is 851. The maximum absolute atomic E-state index is 12.4. The van der Waals surface area contributed by atoms with Crippen LogP contribution < -0.4 is 16.4 Å². The van der Waals surface area contributed by atoms with E-state index in [0.29, 0.717) is 11.3 Å². The number of nitrogen functional groups attached to an aromatic ring is 1. The summed E-state index contributed by atoms with van der Waals surface area (Å²) in [4.78, 5) is 14.8. The van der Waals surface area contributed by atoms with Crippen molar-refractivity contribution in [2.75, 3.05) is 36.0 Å². The van der Waals surface area contributed by atoms with Crippen LogP contribution in [0.25, 0.3) is 5.57 Å². The normalized spacial score (nSPS) is 14.9. The number of likely N-dealkylation sites (N-methyl/N-ethyl adjacent to an activating group) is 1. The Labute approximate surface area is 161 Å². The van der Waals surface area contributed by atoms with Crippen molar-refractivity contribution in [1.82, 2.24) is 4.90 Å². The highest BCUT2D eigenvalue weighted by atomic mass is 16.2. The SMILES string of the molecule is CCN(CC)CCc1ccc(NC(C)=C2C(=O)Nc3ccc(N)cc32)cc1. The second-order valence-electron chi connectivity index (χ2n) is 6.86. The molecule has 0 radical (unpaired) electrons. The molecule has 5 nitrogen and oxygen atoms in total. The molecule has 1 heterocycles. The fraction of sp³-hybridized carbons (Fsp3) is 0.318. The number of nitrogens with one attached hydrogen (secondary N) is 2. The van der Waals surface area contributed by atoms with Crippen LogP contribution in [-0.4, -0.2) is 30.4 Å². The maximum Gasteiger partial charge on any atom is 0.258 e.